The Morgan fingerprint density at radius 1 is 0.974 bits per heavy atom. The minimum Gasteiger partial charge on any atom is -0.497 e. The maximum absolute atomic E-state index is 13.7. The number of nitrogens with zero attached hydrogens (tertiary/aromatic N) is 3. The molecule has 0 spiro atoms. The highest BCUT2D eigenvalue weighted by Gasteiger charge is 2.31. The molecule has 2 heterocycles. The van der Waals surface area contributed by atoms with Gasteiger partial charge in [0.1, 0.15) is 11.6 Å². The van der Waals surface area contributed by atoms with E-state index < -0.39 is 0 Å². The zero-order valence-electron chi connectivity index (χ0n) is 21.3. The summed E-state index contributed by atoms with van der Waals surface area (Å²) in [7, 11) is 4.73. The van der Waals surface area contributed by atoms with Crippen molar-refractivity contribution in [3.8, 4) is 17.2 Å². The van der Waals surface area contributed by atoms with Crippen molar-refractivity contribution in [2.75, 3.05) is 32.0 Å². The van der Waals surface area contributed by atoms with Crippen molar-refractivity contribution in [1.82, 2.24) is 14.8 Å². The van der Waals surface area contributed by atoms with Crippen LogP contribution in [0.3, 0.4) is 0 Å². The molecule has 1 aliphatic heterocycles. The molecule has 0 saturated carbocycles. The third-order valence-corrected chi connectivity index (χ3v) is 6.53. The second kappa shape index (κ2) is 10.8. The van der Waals surface area contributed by atoms with Crippen LogP contribution in [-0.4, -0.2) is 42.0 Å². The molecule has 1 aliphatic rings. The van der Waals surface area contributed by atoms with Gasteiger partial charge in [-0.1, -0.05) is 30.3 Å². The van der Waals surface area contributed by atoms with Gasteiger partial charge in [-0.05, 0) is 59.5 Å². The van der Waals surface area contributed by atoms with Crippen LogP contribution in [0, 0.1) is 5.82 Å². The van der Waals surface area contributed by atoms with E-state index in [9.17, 15) is 9.18 Å². The molecule has 1 amide bonds. The van der Waals surface area contributed by atoms with Crippen LogP contribution in [-0.2, 0) is 11.2 Å². The molecule has 0 radical (unpaired) electrons. The van der Waals surface area contributed by atoms with Gasteiger partial charge < -0.3 is 19.5 Å². The van der Waals surface area contributed by atoms with Crippen molar-refractivity contribution < 1.29 is 23.4 Å². The summed E-state index contributed by atoms with van der Waals surface area (Å²) >= 11 is 0. The second-order valence-electron chi connectivity index (χ2n) is 8.89. The number of hydrogen-bond acceptors (Lipinski definition) is 7. The zero-order valence-corrected chi connectivity index (χ0v) is 21.3. The standard InChI is InChI=1S/C28H28FN5O4/c1-36-21-11-7-18(8-12-21)22-16-23(19-5-9-20(29)10-6-19)34-28(30-22)32-27(33-34)31-26(35)15-17-4-13-24(37-2)25(14-17)38-3/h4-14,22-23H,15-16H2,1-3H3,(H2,30,31,32,33,35)/t22-,23+/m1/s1. The minimum atomic E-state index is -0.309. The number of amides is 1. The molecule has 0 saturated heterocycles. The van der Waals surface area contributed by atoms with Crippen LogP contribution >= 0.6 is 0 Å². The summed E-state index contributed by atoms with van der Waals surface area (Å²) in [5.74, 6) is 2.01. The molecule has 0 fully saturated rings. The van der Waals surface area contributed by atoms with Gasteiger partial charge in [-0.3, -0.25) is 10.1 Å². The van der Waals surface area contributed by atoms with E-state index in [-0.39, 0.29) is 36.2 Å². The predicted molar refractivity (Wildman–Crippen MR) is 140 cm³/mol. The molecule has 4 aromatic rings. The summed E-state index contributed by atoms with van der Waals surface area (Å²) in [4.78, 5) is 17.4. The van der Waals surface area contributed by atoms with Crippen LogP contribution in [0.5, 0.6) is 17.2 Å². The van der Waals surface area contributed by atoms with E-state index in [1.54, 1.807) is 56.3 Å². The highest BCUT2D eigenvalue weighted by molar-refractivity contribution is 5.90. The monoisotopic (exact) mass is 517 g/mol. The molecule has 2 atom stereocenters. The quantitative estimate of drug-likeness (QED) is 0.347. The lowest BCUT2D eigenvalue weighted by atomic mass is 9.93. The Bertz CT molecular complexity index is 1420. The topological polar surface area (TPSA) is 99.5 Å². The van der Waals surface area contributed by atoms with Crippen molar-refractivity contribution in [1.29, 1.82) is 0 Å². The summed E-state index contributed by atoms with van der Waals surface area (Å²) < 4.78 is 31.3. The molecule has 9 nitrogen and oxygen atoms in total. The molecule has 38 heavy (non-hydrogen) atoms. The average Bonchev–Trinajstić information content (AvgIpc) is 3.35. The number of fused-ring (bicyclic) bond motifs is 1. The van der Waals surface area contributed by atoms with Gasteiger partial charge in [0.15, 0.2) is 11.5 Å². The largest absolute Gasteiger partial charge is 0.497 e. The van der Waals surface area contributed by atoms with E-state index >= 15 is 0 Å². The normalized spacial score (nSPS) is 16.2. The summed E-state index contributed by atoms with van der Waals surface area (Å²) in [5.41, 5.74) is 2.69. The fourth-order valence-electron chi connectivity index (χ4n) is 4.59. The lowest BCUT2D eigenvalue weighted by Gasteiger charge is -2.31. The third kappa shape index (κ3) is 5.24. The summed E-state index contributed by atoms with van der Waals surface area (Å²) in [6, 6.07) is 19.2. The number of aromatic nitrogens is 3. The van der Waals surface area contributed by atoms with E-state index in [1.807, 2.05) is 24.3 Å². The summed E-state index contributed by atoms with van der Waals surface area (Å²) in [5, 5.41) is 10.8. The third-order valence-electron chi connectivity index (χ3n) is 6.53. The van der Waals surface area contributed by atoms with E-state index in [2.05, 4.69) is 20.7 Å². The van der Waals surface area contributed by atoms with Crippen molar-refractivity contribution in [3.63, 3.8) is 0 Å². The molecule has 0 aliphatic carbocycles. The Kier molecular flexibility index (Phi) is 7.12. The number of nitrogens with one attached hydrogen (secondary N) is 2. The number of ether oxygens (including phenoxy) is 3. The van der Waals surface area contributed by atoms with Crippen molar-refractivity contribution >= 4 is 17.8 Å². The highest BCUT2D eigenvalue weighted by atomic mass is 19.1. The number of carbonyl (C=O) groups excluding carboxylic acids is 1. The van der Waals surface area contributed by atoms with Gasteiger partial charge in [0.25, 0.3) is 5.95 Å². The first-order chi connectivity index (χ1) is 18.5. The number of anilines is 2. The Morgan fingerprint density at radius 2 is 1.68 bits per heavy atom. The second-order valence-corrected chi connectivity index (χ2v) is 8.89. The van der Waals surface area contributed by atoms with Crippen LogP contribution in [0.25, 0.3) is 0 Å². The zero-order chi connectivity index (χ0) is 26.6. The number of rotatable bonds is 8. The van der Waals surface area contributed by atoms with Gasteiger partial charge in [0.2, 0.25) is 11.9 Å². The van der Waals surface area contributed by atoms with Crippen LogP contribution in [0.15, 0.2) is 66.7 Å². The predicted octanol–water partition coefficient (Wildman–Crippen LogP) is 4.77. The van der Waals surface area contributed by atoms with E-state index in [1.165, 1.54) is 12.1 Å². The van der Waals surface area contributed by atoms with Crippen LogP contribution in [0.2, 0.25) is 0 Å². The van der Waals surface area contributed by atoms with Crippen molar-refractivity contribution in [2.45, 2.75) is 24.9 Å². The first-order valence-corrected chi connectivity index (χ1v) is 12.1. The summed E-state index contributed by atoms with van der Waals surface area (Å²) in [6.07, 6.45) is 0.751. The summed E-state index contributed by atoms with van der Waals surface area (Å²) in [6.45, 7) is 0. The number of carbonyl (C=O) groups is 1. The molecular formula is C28H28FN5O4. The van der Waals surface area contributed by atoms with Gasteiger partial charge in [0, 0.05) is 0 Å². The molecule has 2 N–H and O–H groups in total. The molecule has 196 valence electrons. The fourth-order valence-corrected chi connectivity index (χ4v) is 4.59. The first-order valence-electron chi connectivity index (χ1n) is 12.1. The van der Waals surface area contributed by atoms with E-state index in [0.717, 1.165) is 22.4 Å². The molecular weight excluding hydrogens is 489 g/mol. The fraction of sp³-hybridized carbons (Fsp3) is 0.250. The van der Waals surface area contributed by atoms with Gasteiger partial charge in [-0.2, -0.15) is 4.98 Å². The van der Waals surface area contributed by atoms with Gasteiger partial charge >= 0.3 is 0 Å². The number of benzene rings is 3. The Labute approximate surface area is 219 Å². The molecule has 0 unspecified atom stereocenters. The Hall–Kier alpha value is -4.60. The maximum atomic E-state index is 13.7. The smallest absolute Gasteiger partial charge is 0.250 e. The van der Waals surface area contributed by atoms with E-state index in [0.29, 0.717) is 23.9 Å². The molecule has 5 rings (SSSR count). The van der Waals surface area contributed by atoms with Crippen LogP contribution in [0.1, 0.15) is 35.2 Å². The molecule has 3 aromatic carbocycles. The lowest BCUT2D eigenvalue weighted by molar-refractivity contribution is -0.115. The van der Waals surface area contributed by atoms with Crippen LogP contribution in [0.4, 0.5) is 16.3 Å². The maximum Gasteiger partial charge on any atom is 0.250 e. The van der Waals surface area contributed by atoms with Gasteiger partial charge in [0.05, 0.1) is 39.8 Å². The average molecular weight is 518 g/mol. The Balaban J connectivity index is 1.39. The molecule has 0 bridgehead atoms. The molecule has 1 aromatic heterocycles. The molecule has 10 heteroatoms. The lowest BCUT2D eigenvalue weighted by Crippen LogP contribution is -2.28. The van der Waals surface area contributed by atoms with Crippen molar-refractivity contribution in [2.24, 2.45) is 0 Å². The number of halogens is 1. The van der Waals surface area contributed by atoms with Crippen molar-refractivity contribution in [3.05, 3.63) is 89.2 Å². The minimum absolute atomic E-state index is 0.0806. The van der Waals surface area contributed by atoms with Gasteiger partial charge in [-0.25, -0.2) is 9.07 Å². The SMILES string of the molecule is COc1ccc([C@H]2C[C@@H](c3ccc(F)cc3)n3nc(NC(=O)Cc4ccc(OC)c(OC)c4)nc3N2)cc1. The number of hydrogen-bond donors (Lipinski definition) is 2. The first kappa shape index (κ1) is 25.1. The number of methoxy groups -OCH3 is 3. The van der Waals surface area contributed by atoms with Gasteiger partial charge in [-0.15, -0.1) is 5.10 Å². The highest BCUT2D eigenvalue weighted by Crippen LogP contribution is 2.38. The van der Waals surface area contributed by atoms with E-state index in [4.69, 9.17) is 14.2 Å². The Morgan fingerprint density at radius 3 is 2.37 bits per heavy atom. The van der Waals surface area contributed by atoms with Crippen LogP contribution < -0.4 is 24.8 Å².